The minimum Gasteiger partial charge on any atom is -0.456 e. The molecule has 1 aliphatic rings. The van der Waals surface area contributed by atoms with Crippen LogP contribution in [0.4, 0.5) is 37.7 Å². The maximum Gasteiger partial charge on any atom is 0.419 e. The number of halogens is 6. The quantitative estimate of drug-likeness (QED) is 0.130. The van der Waals surface area contributed by atoms with Crippen LogP contribution in [0.15, 0.2) is 121 Å². The summed E-state index contributed by atoms with van der Waals surface area (Å²) >= 11 is 0. The van der Waals surface area contributed by atoms with Gasteiger partial charge in [0.1, 0.15) is 23.0 Å². The molecule has 0 heterocycles. The van der Waals surface area contributed by atoms with Crippen LogP contribution >= 0.6 is 0 Å². The molecule has 0 saturated heterocycles. The maximum atomic E-state index is 15.3. The van der Waals surface area contributed by atoms with E-state index in [1.807, 2.05) is 53.7 Å². The summed E-state index contributed by atoms with van der Waals surface area (Å²) in [5, 5.41) is 0. The number of ether oxygens (including phenoxy) is 2. The van der Waals surface area contributed by atoms with E-state index in [1.54, 1.807) is 60.7 Å². The number of rotatable bonds is 6. The zero-order valence-corrected chi connectivity index (χ0v) is 32.3. The second kappa shape index (κ2) is 13.6. The van der Waals surface area contributed by atoms with Gasteiger partial charge in [-0.25, -0.2) is 0 Å². The molecule has 10 heteroatoms. The van der Waals surface area contributed by atoms with Gasteiger partial charge in [-0.15, -0.1) is 0 Å². The van der Waals surface area contributed by atoms with Crippen LogP contribution in [-0.2, 0) is 28.6 Å². The van der Waals surface area contributed by atoms with Crippen molar-refractivity contribution in [3.8, 4) is 34.1 Å². The first-order valence-electron chi connectivity index (χ1n) is 18.4. The summed E-state index contributed by atoms with van der Waals surface area (Å²) in [6, 6.07) is 31.2. The van der Waals surface area contributed by atoms with Gasteiger partial charge >= 0.3 is 12.4 Å². The lowest BCUT2D eigenvalue weighted by molar-refractivity contribution is -0.139. The molecule has 294 valence electrons. The summed E-state index contributed by atoms with van der Waals surface area (Å²) in [6.07, 6.45) is -9.84. The van der Waals surface area contributed by atoms with E-state index < -0.39 is 51.2 Å². The maximum absolute atomic E-state index is 15.3. The molecule has 57 heavy (non-hydrogen) atoms. The minimum atomic E-state index is -4.92. The van der Waals surface area contributed by atoms with Crippen LogP contribution in [0.3, 0.4) is 0 Å². The molecule has 0 atom stereocenters. The highest BCUT2D eigenvalue weighted by Gasteiger charge is 2.49. The van der Waals surface area contributed by atoms with Crippen molar-refractivity contribution in [1.82, 2.24) is 0 Å². The summed E-state index contributed by atoms with van der Waals surface area (Å²) in [6.45, 7) is 11.4. The normalized spacial score (nSPS) is 13.9. The topological polar surface area (TPSA) is 70.5 Å². The smallest absolute Gasteiger partial charge is 0.419 e. The molecule has 0 amide bonds. The Morgan fingerprint density at radius 3 is 1.11 bits per heavy atom. The molecule has 0 aliphatic heterocycles. The monoisotopic (exact) mass is 780 g/mol. The summed E-state index contributed by atoms with van der Waals surface area (Å²) in [5.41, 5.74) is 11.9. The van der Waals surface area contributed by atoms with Crippen LogP contribution in [0, 0.1) is 0 Å². The van der Waals surface area contributed by atoms with E-state index in [1.165, 1.54) is 36.4 Å². The van der Waals surface area contributed by atoms with Gasteiger partial charge in [0, 0.05) is 22.5 Å². The fraction of sp³-hybridized carbons (Fsp3) is 0.234. The lowest BCUT2D eigenvalue weighted by Gasteiger charge is -2.35. The van der Waals surface area contributed by atoms with E-state index in [-0.39, 0.29) is 22.6 Å². The lowest BCUT2D eigenvalue weighted by Crippen LogP contribution is -2.30. The van der Waals surface area contributed by atoms with Gasteiger partial charge in [0.05, 0.1) is 16.5 Å². The molecule has 0 aromatic heterocycles. The average Bonchev–Trinajstić information content (AvgIpc) is 3.43. The summed E-state index contributed by atoms with van der Waals surface area (Å²) in [5.74, 6) is -0.534. The molecule has 0 fully saturated rings. The number of nitrogen functional groups attached to an aromatic ring is 2. The molecule has 4 N–H and O–H groups in total. The predicted octanol–water partition coefficient (Wildman–Crippen LogP) is 13.4. The molecule has 6 aromatic carbocycles. The van der Waals surface area contributed by atoms with E-state index in [4.69, 9.17) is 20.9 Å². The van der Waals surface area contributed by atoms with Crippen molar-refractivity contribution in [2.45, 2.75) is 70.1 Å². The predicted molar refractivity (Wildman–Crippen MR) is 213 cm³/mol. The van der Waals surface area contributed by atoms with Crippen molar-refractivity contribution < 1.29 is 35.8 Å². The van der Waals surface area contributed by atoms with Gasteiger partial charge in [0.15, 0.2) is 0 Å². The number of anilines is 2. The molecule has 7 rings (SSSR count). The second-order valence-corrected chi connectivity index (χ2v) is 16.5. The van der Waals surface area contributed by atoms with E-state index in [0.717, 1.165) is 12.1 Å². The van der Waals surface area contributed by atoms with Crippen molar-refractivity contribution in [1.29, 1.82) is 0 Å². The van der Waals surface area contributed by atoms with Gasteiger partial charge in [-0.2, -0.15) is 26.3 Å². The van der Waals surface area contributed by atoms with Crippen LogP contribution in [0.2, 0.25) is 0 Å². The van der Waals surface area contributed by atoms with Crippen molar-refractivity contribution in [2.24, 2.45) is 0 Å². The van der Waals surface area contributed by atoms with Crippen molar-refractivity contribution in [3.05, 3.63) is 166 Å². The Hall–Kier alpha value is -5.90. The average molecular weight is 781 g/mol. The molecule has 0 spiro atoms. The minimum absolute atomic E-state index is 0.100. The third-order valence-corrected chi connectivity index (χ3v) is 10.5. The molecule has 0 unspecified atom stereocenters. The highest BCUT2D eigenvalue weighted by molar-refractivity contribution is 5.86. The zero-order valence-electron chi connectivity index (χ0n) is 32.3. The number of benzene rings is 6. The standard InChI is InChI=1S/C47H42F6N2O2/c1-43(2,3)35-25-29(54)17-21-39(35)56-41-19-15-27(23-37(41)46(48,49)50)45(33-13-9-7-11-31(33)32-12-8-10-14-34(32)45)28-16-20-42(38(24-28)47(51,52)53)57-40-22-18-30(55)26-36(40)44(4,5)6/h7-26H,54-55H2,1-6H3. The molecule has 4 nitrogen and oxygen atoms in total. The van der Waals surface area contributed by atoms with Crippen LogP contribution in [0.5, 0.6) is 23.0 Å². The Morgan fingerprint density at radius 1 is 0.421 bits per heavy atom. The highest BCUT2D eigenvalue weighted by atomic mass is 19.4. The first kappa shape index (κ1) is 39.3. The van der Waals surface area contributed by atoms with Crippen LogP contribution in [-0.4, -0.2) is 0 Å². The number of hydrogen-bond donors (Lipinski definition) is 2. The Labute approximate surface area is 328 Å². The van der Waals surface area contributed by atoms with Gasteiger partial charge in [-0.05, 0) is 105 Å². The van der Waals surface area contributed by atoms with E-state index in [0.29, 0.717) is 44.8 Å². The van der Waals surface area contributed by atoms with Crippen LogP contribution in [0.25, 0.3) is 11.1 Å². The Balaban J connectivity index is 1.49. The van der Waals surface area contributed by atoms with Crippen LogP contribution < -0.4 is 20.9 Å². The van der Waals surface area contributed by atoms with Gasteiger partial charge in [0.25, 0.3) is 0 Å². The molecular formula is C47H42F6N2O2. The van der Waals surface area contributed by atoms with Crippen molar-refractivity contribution in [2.75, 3.05) is 11.5 Å². The molecular weight excluding hydrogens is 739 g/mol. The molecule has 0 bridgehead atoms. The Kier molecular flexibility index (Phi) is 9.41. The highest BCUT2D eigenvalue weighted by Crippen LogP contribution is 2.58. The SMILES string of the molecule is CC(C)(C)c1cc(N)ccc1Oc1ccc(C2(c3ccc(Oc4ccc(N)cc4C(C)(C)C)c(C(F)(F)F)c3)c3ccccc3-c3ccccc32)cc1C(F)(F)F. The molecule has 0 saturated carbocycles. The Morgan fingerprint density at radius 2 is 0.754 bits per heavy atom. The third-order valence-electron chi connectivity index (χ3n) is 10.5. The molecule has 1 aliphatic carbocycles. The fourth-order valence-electron chi connectivity index (χ4n) is 7.85. The first-order valence-corrected chi connectivity index (χ1v) is 18.4. The summed E-state index contributed by atoms with van der Waals surface area (Å²) in [4.78, 5) is 0. The number of nitrogens with two attached hydrogens (primary N) is 2. The number of alkyl halides is 6. The summed E-state index contributed by atoms with van der Waals surface area (Å²) < 4.78 is 104. The van der Waals surface area contributed by atoms with Crippen molar-refractivity contribution >= 4 is 11.4 Å². The largest absolute Gasteiger partial charge is 0.456 e. The van der Waals surface area contributed by atoms with E-state index in [2.05, 4.69) is 0 Å². The molecule has 0 radical (unpaired) electrons. The first-order chi connectivity index (χ1) is 26.6. The van der Waals surface area contributed by atoms with Crippen molar-refractivity contribution in [3.63, 3.8) is 0 Å². The summed E-state index contributed by atoms with van der Waals surface area (Å²) in [7, 11) is 0. The second-order valence-electron chi connectivity index (χ2n) is 16.5. The van der Waals surface area contributed by atoms with Crippen LogP contribution in [0.1, 0.15) is 86.1 Å². The molecule has 6 aromatic rings. The number of hydrogen-bond acceptors (Lipinski definition) is 4. The third kappa shape index (κ3) is 7.06. The zero-order chi connectivity index (χ0) is 41.3. The fourth-order valence-corrected chi connectivity index (χ4v) is 7.85. The van der Waals surface area contributed by atoms with E-state index >= 15 is 26.3 Å². The Bertz CT molecular complexity index is 2330. The van der Waals surface area contributed by atoms with Gasteiger partial charge in [-0.1, -0.05) is 102 Å². The lowest BCUT2D eigenvalue weighted by atomic mass is 9.67. The van der Waals surface area contributed by atoms with E-state index in [9.17, 15) is 0 Å². The van der Waals surface area contributed by atoms with Gasteiger partial charge in [-0.3, -0.25) is 0 Å². The van der Waals surface area contributed by atoms with Gasteiger partial charge < -0.3 is 20.9 Å². The number of fused-ring (bicyclic) bond motifs is 3. The van der Waals surface area contributed by atoms with Gasteiger partial charge in [0.2, 0.25) is 0 Å².